The number of pyridine rings is 1. The molecule has 2 amide bonds. The minimum absolute atomic E-state index is 0.0777. The van der Waals surface area contributed by atoms with E-state index in [0.29, 0.717) is 16.8 Å². The number of rotatable bonds is 6. The van der Waals surface area contributed by atoms with Crippen LogP contribution in [0.5, 0.6) is 0 Å². The van der Waals surface area contributed by atoms with Crippen molar-refractivity contribution in [3.05, 3.63) is 53.0 Å². The van der Waals surface area contributed by atoms with Crippen LogP contribution in [0.2, 0.25) is 0 Å². The van der Waals surface area contributed by atoms with E-state index in [1.165, 1.54) is 30.5 Å². The summed E-state index contributed by atoms with van der Waals surface area (Å²) in [6.45, 7) is 1.98. The van der Waals surface area contributed by atoms with Crippen LogP contribution in [0.1, 0.15) is 46.0 Å². The minimum Gasteiger partial charge on any atom is -0.351 e. The molecule has 1 saturated carbocycles. The normalized spacial score (nSPS) is 14.9. The van der Waals surface area contributed by atoms with Crippen molar-refractivity contribution in [3.63, 3.8) is 0 Å². The summed E-state index contributed by atoms with van der Waals surface area (Å²) >= 11 is 0. The van der Waals surface area contributed by atoms with Gasteiger partial charge < -0.3 is 10.6 Å². The summed E-state index contributed by atoms with van der Waals surface area (Å²) < 4.78 is 52.0. The molecule has 1 aliphatic carbocycles. The number of benzene rings is 1. The van der Waals surface area contributed by atoms with Gasteiger partial charge in [0.2, 0.25) is 0 Å². The summed E-state index contributed by atoms with van der Waals surface area (Å²) in [7, 11) is 0. The maximum Gasteiger partial charge on any atom is 0.393 e. The van der Waals surface area contributed by atoms with Crippen LogP contribution in [-0.4, -0.2) is 35.6 Å². The Morgan fingerprint density at radius 3 is 2.43 bits per heavy atom. The Balaban J connectivity index is 1.76. The Bertz CT molecular complexity index is 954. The Morgan fingerprint density at radius 1 is 1.17 bits per heavy atom. The van der Waals surface area contributed by atoms with Gasteiger partial charge in [-0.25, -0.2) is 4.39 Å². The Hall–Kier alpha value is -2.97. The van der Waals surface area contributed by atoms with E-state index >= 15 is 0 Å². The highest BCUT2D eigenvalue weighted by atomic mass is 19.4. The molecule has 1 fully saturated rings. The van der Waals surface area contributed by atoms with Crippen molar-refractivity contribution in [1.82, 2.24) is 15.6 Å². The number of carbonyl (C=O) groups is 2. The van der Waals surface area contributed by atoms with Gasteiger partial charge in [-0.3, -0.25) is 14.6 Å². The number of carbonyl (C=O) groups excluding carboxylic acids is 2. The average Bonchev–Trinajstić information content (AvgIpc) is 3.51. The molecule has 1 aromatic heterocycles. The van der Waals surface area contributed by atoms with Crippen LogP contribution >= 0.6 is 0 Å². The zero-order chi connectivity index (χ0) is 22.1. The van der Waals surface area contributed by atoms with Crippen molar-refractivity contribution in [2.75, 3.05) is 6.54 Å². The van der Waals surface area contributed by atoms with Crippen LogP contribution in [0.15, 0.2) is 30.5 Å². The lowest BCUT2D eigenvalue weighted by Crippen LogP contribution is -2.34. The van der Waals surface area contributed by atoms with E-state index in [9.17, 15) is 27.2 Å². The molecule has 3 rings (SSSR count). The Morgan fingerprint density at radius 2 is 1.87 bits per heavy atom. The second kappa shape index (κ2) is 8.41. The van der Waals surface area contributed by atoms with Crippen LogP contribution in [0.4, 0.5) is 17.6 Å². The standard InChI is InChI=1S/C21H21F4N3O2/c1-11(21(23,24)25)9-27-19(29)13-3-6-18(26-10-13)16-7-14(8-17(22)12(16)2)20(30)28-15-4-5-15/h3,6-8,10-11,15H,4-5,9H2,1-2H3,(H,27,29)(H,28,30). The van der Waals surface area contributed by atoms with E-state index in [1.54, 1.807) is 6.92 Å². The number of nitrogens with one attached hydrogen (secondary N) is 2. The van der Waals surface area contributed by atoms with Gasteiger partial charge in [-0.1, -0.05) is 6.92 Å². The first-order valence-corrected chi connectivity index (χ1v) is 9.48. The summed E-state index contributed by atoms with van der Waals surface area (Å²) in [5.41, 5.74) is 1.28. The number of hydrogen-bond donors (Lipinski definition) is 2. The SMILES string of the molecule is Cc1c(F)cc(C(=O)NC2CC2)cc1-c1ccc(C(=O)NCC(C)C(F)(F)F)cn1. The molecule has 2 N–H and O–H groups in total. The van der Waals surface area contributed by atoms with E-state index < -0.39 is 30.4 Å². The van der Waals surface area contributed by atoms with Gasteiger partial charge in [0.25, 0.3) is 11.8 Å². The minimum atomic E-state index is -4.40. The van der Waals surface area contributed by atoms with Gasteiger partial charge in [0.05, 0.1) is 17.2 Å². The molecule has 0 spiro atoms. The molecule has 0 aliphatic heterocycles. The average molecular weight is 423 g/mol. The predicted octanol–water partition coefficient (Wildman–Crippen LogP) is 4.02. The number of nitrogens with zero attached hydrogens (tertiary/aromatic N) is 1. The van der Waals surface area contributed by atoms with Crippen molar-refractivity contribution in [2.45, 2.75) is 38.9 Å². The molecule has 2 aromatic rings. The van der Waals surface area contributed by atoms with E-state index in [0.717, 1.165) is 19.8 Å². The molecule has 1 atom stereocenters. The topological polar surface area (TPSA) is 71.1 Å². The van der Waals surface area contributed by atoms with E-state index in [4.69, 9.17) is 0 Å². The first kappa shape index (κ1) is 21.7. The monoisotopic (exact) mass is 423 g/mol. The van der Waals surface area contributed by atoms with Gasteiger partial charge in [0.1, 0.15) is 5.82 Å². The molecule has 0 saturated heterocycles. The van der Waals surface area contributed by atoms with Crippen molar-refractivity contribution in [1.29, 1.82) is 0 Å². The molecule has 1 aromatic carbocycles. The molecule has 1 heterocycles. The number of aromatic nitrogens is 1. The third-order valence-electron chi connectivity index (χ3n) is 4.95. The third-order valence-corrected chi connectivity index (χ3v) is 4.95. The second-order valence-corrected chi connectivity index (χ2v) is 7.46. The summed E-state index contributed by atoms with van der Waals surface area (Å²) in [5.74, 6) is -3.29. The van der Waals surface area contributed by atoms with Crippen LogP contribution in [0.25, 0.3) is 11.3 Å². The molecular weight excluding hydrogens is 402 g/mol. The molecule has 0 bridgehead atoms. The largest absolute Gasteiger partial charge is 0.393 e. The van der Waals surface area contributed by atoms with E-state index in [1.807, 2.05) is 0 Å². The van der Waals surface area contributed by atoms with Crippen molar-refractivity contribution < 1.29 is 27.2 Å². The zero-order valence-corrected chi connectivity index (χ0v) is 16.4. The van der Waals surface area contributed by atoms with Crippen molar-refractivity contribution in [3.8, 4) is 11.3 Å². The Labute approximate surface area is 170 Å². The van der Waals surface area contributed by atoms with Crippen LogP contribution in [0.3, 0.4) is 0 Å². The fraction of sp³-hybridized carbons (Fsp3) is 0.381. The second-order valence-electron chi connectivity index (χ2n) is 7.46. The van der Waals surface area contributed by atoms with Crippen LogP contribution < -0.4 is 10.6 Å². The molecule has 30 heavy (non-hydrogen) atoms. The Kier molecular flexibility index (Phi) is 6.09. The van der Waals surface area contributed by atoms with Crippen molar-refractivity contribution in [2.24, 2.45) is 5.92 Å². The van der Waals surface area contributed by atoms with Gasteiger partial charge in [-0.2, -0.15) is 13.2 Å². The summed E-state index contributed by atoms with van der Waals surface area (Å²) in [6.07, 6.45) is -1.38. The number of alkyl halides is 3. The highest BCUT2D eigenvalue weighted by Crippen LogP contribution is 2.27. The lowest BCUT2D eigenvalue weighted by molar-refractivity contribution is -0.167. The molecular formula is C21H21F4N3O2. The van der Waals surface area contributed by atoms with E-state index in [-0.39, 0.29) is 23.1 Å². The molecule has 1 unspecified atom stereocenters. The number of hydrogen-bond acceptors (Lipinski definition) is 3. The molecule has 160 valence electrons. The van der Waals surface area contributed by atoms with Crippen LogP contribution in [0, 0.1) is 18.7 Å². The highest BCUT2D eigenvalue weighted by Gasteiger charge is 2.35. The maximum atomic E-state index is 14.4. The fourth-order valence-electron chi connectivity index (χ4n) is 2.72. The lowest BCUT2D eigenvalue weighted by Gasteiger charge is -2.16. The molecule has 9 heteroatoms. The lowest BCUT2D eigenvalue weighted by atomic mass is 10.00. The smallest absolute Gasteiger partial charge is 0.351 e. The van der Waals surface area contributed by atoms with Gasteiger partial charge >= 0.3 is 6.18 Å². The highest BCUT2D eigenvalue weighted by molar-refractivity contribution is 5.96. The van der Waals surface area contributed by atoms with Crippen molar-refractivity contribution >= 4 is 11.8 Å². The predicted molar refractivity (Wildman–Crippen MR) is 102 cm³/mol. The molecule has 1 aliphatic rings. The fourth-order valence-corrected chi connectivity index (χ4v) is 2.72. The third kappa shape index (κ3) is 5.14. The summed E-state index contributed by atoms with van der Waals surface area (Å²) in [4.78, 5) is 28.5. The zero-order valence-electron chi connectivity index (χ0n) is 16.4. The number of amides is 2. The van der Waals surface area contributed by atoms with Gasteiger partial charge in [-0.05, 0) is 49.6 Å². The molecule has 5 nitrogen and oxygen atoms in total. The van der Waals surface area contributed by atoms with Crippen LogP contribution in [-0.2, 0) is 0 Å². The van der Waals surface area contributed by atoms with Gasteiger partial charge in [-0.15, -0.1) is 0 Å². The summed E-state index contributed by atoms with van der Waals surface area (Å²) in [5, 5.41) is 5.02. The molecule has 0 radical (unpaired) electrons. The first-order chi connectivity index (χ1) is 14.1. The quantitative estimate of drug-likeness (QED) is 0.690. The van der Waals surface area contributed by atoms with E-state index in [2.05, 4.69) is 15.6 Å². The number of halogens is 4. The first-order valence-electron chi connectivity index (χ1n) is 9.48. The maximum absolute atomic E-state index is 14.4. The van der Waals surface area contributed by atoms with Gasteiger partial charge in [0, 0.05) is 29.9 Å². The van der Waals surface area contributed by atoms with Gasteiger partial charge in [0.15, 0.2) is 0 Å². The summed E-state index contributed by atoms with van der Waals surface area (Å²) in [6, 6.07) is 5.68.